The molecule has 0 unspecified atom stereocenters. The fourth-order valence-corrected chi connectivity index (χ4v) is 3.44. The van der Waals surface area contributed by atoms with Crippen LogP contribution in [0.4, 0.5) is 18.9 Å². The summed E-state index contributed by atoms with van der Waals surface area (Å²) in [7, 11) is 0. The van der Waals surface area contributed by atoms with Gasteiger partial charge in [-0.2, -0.15) is 13.2 Å². The van der Waals surface area contributed by atoms with Crippen molar-refractivity contribution in [3.05, 3.63) is 71.9 Å². The van der Waals surface area contributed by atoms with Crippen LogP contribution in [-0.2, 0) is 11.0 Å². The van der Waals surface area contributed by atoms with Crippen LogP contribution in [0, 0.1) is 0 Å². The van der Waals surface area contributed by atoms with Gasteiger partial charge in [0.05, 0.1) is 10.9 Å². The lowest BCUT2D eigenvalue weighted by molar-refractivity contribution is -0.141. The minimum Gasteiger partial charge on any atom is -0.325 e. The second kappa shape index (κ2) is 9.30. The second-order valence-corrected chi connectivity index (χ2v) is 7.98. The molecule has 0 bridgehead atoms. The predicted octanol–water partition coefficient (Wildman–Crippen LogP) is 5.48. The highest BCUT2D eigenvalue weighted by Crippen LogP contribution is 2.33. The number of thioether (sulfide) groups is 1. The highest BCUT2D eigenvalue weighted by atomic mass is 32.2. The summed E-state index contributed by atoms with van der Waals surface area (Å²) in [5, 5.41) is 1.72. The van der Waals surface area contributed by atoms with Crippen LogP contribution >= 0.6 is 11.8 Å². The molecule has 160 valence electrons. The number of nitrogens with one attached hydrogen (secondary N) is 1. The topological polar surface area (TPSA) is 72.0 Å². The van der Waals surface area contributed by atoms with Crippen molar-refractivity contribution in [3.8, 4) is 11.3 Å². The average molecular weight is 445 g/mol. The van der Waals surface area contributed by atoms with E-state index in [1.165, 1.54) is 13.0 Å². The third kappa shape index (κ3) is 5.91. The van der Waals surface area contributed by atoms with E-state index in [1.807, 2.05) is 0 Å². The average Bonchev–Trinajstić information content (AvgIpc) is 2.73. The van der Waals surface area contributed by atoms with Crippen LogP contribution in [0.3, 0.4) is 0 Å². The number of aromatic nitrogens is 2. The molecule has 0 aliphatic rings. The fourth-order valence-electron chi connectivity index (χ4n) is 2.65. The van der Waals surface area contributed by atoms with E-state index in [0.717, 1.165) is 17.8 Å². The first-order valence-corrected chi connectivity index (χ1v) is 10.1. The van der Waals surface area contributed by atoms with Crippen molar-refractivity contribution in [1.82, 2.24) is 9.97 Å². The minimum absolute atomic E-state index is 0.118. The van der Waals surface area contributed by atoms with Gasteiger partial charge >= 0.3 is 6.18 Å². The summed E-state index contributed by atoms with van der Waals surface area (Å²) in [6.07, 6.45) is -4.65. The number of hydrogen-bond acceptors (Lipinski definition) is 5. The largest absolute Gasteiger partial charge is 0.433 e. The Bertz CT molecular complexity index is 1100. The number of carbonyl (C=O) groups is 2. The molecule has 0 saturated heterocycles. The zero-order valence-corrected chi connectivity index (χ0v) is 17.4. The van der Waals surface area contributed by atoms with Crippen LogP contribution in [0.25, 0.3) is 11.3 Å². The van der Waals surface area contributed by atoms with Gasteiger partial charge in [0.25, 0.3) is 0 Å². The van der Waals surface area contributed by atoms with Crippen LogP contribution in [0.1, 0.15) is 29.9 Å². The number of anilines is 1. The van der Waals surface area contributed by atoms with Crippen LogP contribution in [0.15, 0.2) is 65.8 Å². The molecule has 5 nitrogen and oxygen atoms in total. The summed E-state index contributed by atoms with van der Waals surface area (Å²) < 4.78 is 40.0. The Morgan fingerprint density at radius 3 is 2.35 bits per heavy atom. The Balaban J connectivity index is 1.83. The molecule has 1 N–H and O–H groups in total. The molecule has 3 aromatic rings. The summed E-state index contributed by atoms with van der Waals surface area (Å²) in [5.41, 5.74) is 0.403. The van der Waals surface area contributed by atoms with Crippen molar-refractivity contribution in [2.45, 2.75) is 30.4 Å². The Labute approximate surface area is 181 Å². The van der Waals surface area contributed by atoms with Gasteiger partial charge < -0.3 is 5.32 Å². The number of rotatable bonds is 6. The first-order chi connectivity index (χ1) is 14.6. The molecule has 0 fully saturated rings. The molecule has 3 rings (SSSR count). The number of ketones is 1. The quantitative estimate of drug-likeness (QED) is 0.309. The molecule has 0 radical (unpaired) electrons. The van der Waals surface area contributed by atoms with E-state index in [0.29, 0.717) is 16.8 Å². The maximum Gasteiger partial charge on any atom is 0.433 e. The van der Waals surface area contributed by atoms with Gasteiger partial charge in [0.1, 0.15) is 5.69 Å². The Kier molecular flexibility index (Phi) is 6.74. The van der Waals surface area contributed by atoms with Crippen molar-refractivity contribution in [1.29, 1.82) is 0 Å². The van der Waals surface area contributed by atoms with E-state index in [2.05, 4.69) is 15.3 Å². The van der Waals surface area contributed by atoms with Gasteiger partial charge in [-0.3, -0.25) is 9.59 Å². The van der Waals surface area contributed by atoms with Crippen molar-refractivity contribution in [2.75, 3.05) is 5.32 Å². The number of alkyl halides is 3. The molecule has 0 aliphatic heterocycles. The van der Waals surface area contributed by atoms with Gasteiger partial charge in [0.2, 0.25) is 5.91 Å². The maximum atomic E-state index is 13.3. The minimum atomic E-state index is -4.65. The molecule has 31 heavy (non-hydrogen) atoms. The molecule has 0 saturated carbocycles. The van der Waals surface area contributed by atoms with Crippen molar-refractivity contribution in [3.63, 3.8) is 0 Å². The Morgan fingerprint density at radius 1 is 1.00 bits per heavy atom. The molecule has 0 spiro atoms. The van der Waals surface area contributed by atoms with E-state index in [4.69, 9.17) is 0 Å². The highest BCUT2D eigenvalue weighted by molar-refractivity contribution is 8.00. The lowest BCUT2D eigenvalue weighted by Crippen LogP contribution is -2.23. The van der Waals surface area contributed by atoms with E-state index in [1.54, 1.807) is 55.5 Å². The van der Waals surface area contributed by atoms with Crippen LogP contribution in [-0.4, -0.2) is 26.9 Å². The van der Waals surface area contributed by atoms with Gasteiger partial charge in [0.15, 0.2) is 10.9 Å². The molecule has 1 amide bonds. The van der Waals surface area contributed by atoms with Gasteiger partial charge in [-0.05, 0) is 32.0 Å². The van der Waals surface area contributed by atoms with Gasteiger partial charge in [-0.25, -0.2) is 9.97 Å². The molecular weight excluding hydrogens is 427 g/mol. The first kappa shape index (κ1) is 22.5. The number of Topliss-reactive ketones (excluding diaryl/α,β-unsaturated/α-hetero) is 1. The van der Waals surface area contributed by atoms with E-state index in [-0.39, 0.29) is 16.6 Å². The molecule has 1 atom stereocenters. The summed E-state index contributed by atoms with van der Waals surface area (Å²) in [6, 6.07) is 15.7. The first-order valence-electron chi connectivity index (χ1n) is 9.23. The molecule has 9 heteroatoms. The number of nitrogens with zero attached hydrogens (tertiary/aromatic N) is 2. The molecule has 1 aromatic heterocycles. The van der Waals surface area contributed by atoms with Crippen LogP contribution in [0.2, 0.25) is 0 Å². The van der Waals surface area contributed by atoms with E-state index in [9.17, 15) is 22.8 Å². The Hall–Kier alpha value is -3.20. The van der Waals surface area contributed by atoms with E-state index < -0.39 is 23.0 Å². The third-order valence-electron chi connectivity index (χ3n) is 4.25. The fraction of sp³-hybridized carbons (Fsp3) is 0.182. The smallest absolute Gasteiger partial charge is 0.325 e. The molecule has 0 aliphatic carbocycles. The zero-order valence-electron chi connectivity index (χ0n) is 16.6. The number of amides is 1. The van der Waals surface area contributed by atoms with Crippen LogP contribution < -0.4 is 5.32 Å². The van der Waals surface area contributed by atoms with Crippen LogP contribution in [0.5, 0.6) is 0 Å². The van der Waals surface area contributed by atoms with Gasteiger partial charge in [-0.15, -0.1) is 0 Å². The number of halogens is 3. The van der Waals surface area contributed by atoms with Gasteiger partial charge in [-0.1, -0.05) is 54.2 Å². The van der Waals surface area contributed by atoms with Crippen molar-refractivity contribution in [2.24, 2.45) is 0 Å². The second-order valence-electron chi connectivity index (χ2n) is 6.67. The zero-order chi connectivity index (χ0) is 22.6. The predicted molar refractivity (Wildman–Crippen MR) is 113 cm³/mol. The van der Waals surface area contributed by atoms with Gasteiger partial charge in [0, 0.05) is 16.8 Å². The summed E-state index contributed by atoms with van der Waals surface area (Å²) in [5.74, 6) is -0.600. The lowest BCUT2D eigenvalue weighted by atomic mass is 10.1. The molecular formula is C22H18F3N3O2S. The number of carbonyl (C=O) groups excluding carboxylic acids is 2. The summed E-state index contributed by atoms with van der Waals surface area (Å²) in [6.45, 7) is 2.95. The number of hydrogen-bond donors (Lipinski definition) is 1. The molecule has 2 aromatic carbocycles. The highest BCUT2D eigenvalue weighted by Gasteiger charge is 2.34. The number of benzene rings is 2. The standard InChI is InChI=1S/C22H18F3N3O2S/c1-13(29)16-9-6-10-17(11-16)26-20(30)14(2)31-21-27-18(15-7-4-3-5-8-15)12-19(28-21)22(23,24)25/h3-12,14H,1-2H3,(H,26,30)/t14-/m1/s1. The monoisotopic (exact) mass is 445 g/mol. The lowest BCUT2D eigenvalue weighted by Gasteiger charge is -2.14. The summed E-state index contributed by atoms with van der Waals surface area (Å²) in [4.78, 5) is 31.8. The SMILES string of the molecule is CC(=O)c1cccc(NC(=O)[C@@H](C)Sc2nc(-c3ccccc3)cc(C(F)(F)F)n2)c1. The third-order valence-corrected chi connectivity index (χ3v) is 5.21. The normalized spacial score (nSPS) is 12.3. The Morgan fingerprint density at radius 2 is 1.71 bits per heavy atom. The summed E-state index contributed by atoms with van der Waals surface area (Å²) >= 11 is 0.819. The maximum absolute atomic E-state index is 13.3. The van der Waals surface area contributed by atoms with Crippen molar-refractivity contribution >= 4 is 29.1 Å². The van der Waals surface area contributed by atoms with Crippen molar-refractivity contribution < 1.29 is 22.8 Å². The molecule has 1 heterocycles. The van der Waals surface area contributed by atoms with E-state index >= 15 is 0 Å².